The van der Waals surface area contributed by atoms with Crippen LogP contribution in [0.25, 0.3) is 10.1 Å². The normalized spacial score (nSPS) is 13.0. The van der Waals surface area contributed by atoms with Gasteiger partial charge in [0, 0.05) is 18.4 Å². The van der Waals surface area contributed by atoms with E-state index < -0.39 is 22.0 Å². The number of benzene rings is 2. The molecule has 0 amide bonds. The van der Waals surface area contributed by atoms with Gasteiger partial charge in [-0.05, 0) is 40.1 Å². The Morgan fingerprint density at radius 3 is 2.58 bits per heavy atom. The number of hydrogen-bond donors (Lipinski definition) is 1. The van der Waals surface area contributed by atoms with Crippen molar-refractivity contribution in [1.29, 1.82) is 0 Å². The van der Waals surface area contributed by atoms with Crippen LogP contribution in [-0.4, -0.2) is 57.3 Å². The van der Waals surface area contributed by atoms with Crippen LogP contribution in [0.15, 0.2) is 60.0 Å². The molecule has 0 spiro atoms. The molecular formula is C22H25NO6S2. The molecular weight excluding hydrogens is 438 g/mol. The maximum atomic E-state index is 13.4. The third-order valence-electron chi connectivity index (χ3n) is 4.75. The van der Waals surface area contributed by atoms with Gasteiger partial charge in [-0.2, -0.15) is 4.31 Å². The van der Waals surface area contributed by atoms with Crippen molar-refractivity contribution in [1.82, 2.24) is 4.31 Å². The second-order valence-electron chi connectivity index (χ2n) is 6.92. The van der Waals surface area contributed by atoms with E-state index in [1.165, 1.54) is 0 Å². The summed E-state index contributed by atoms with van der Waals surface area (Å²) >= 11 is 1.58. The van der Waals surface area contributed by atoms with Crippen molar-refractivity contribution >= 4 is 37.4 Å². The maximum Gasteiger partial charge on any atom is 0.326 e. The Labute approximate surface area is 185 Å². The molecule has 0 bridgehead atoms. The highest BCUT2D eigenvalue weighted by Crippen LogP contribution is 2.28. The van der Waals surface area contributed by atoms with E-state index in [9.17, 15) is 18.3 Å². The van der Waals surface area contributed by atoms with E-state index in [0.29, 0.717) is 24.3 Å². The van der Waals surface area contributed by atoms with Crippen LogP contribution in [0.4, 0.5) is 0 Å². The number of rotatable bonds is 12. The van der Waals surface area contributed by atoms with Crippen molar-refractivity contribution in [3.63, 3.8) is 0 Å². The number of carboxylic acids is 1. The van der Waals surface area contributed by atoms with E-state index in [0.717, 1.165) is 14.4 Å². The second kappa shape index (κ2) is 10.8. The number of carbonyl (C=O) groups is 1. The van der Waals surface area contributed by atoms with E-state index >= 15 is 0 Å². The molecule has 0 saturated heterocycles. The average Bonchev–Trinajstić information content (AvgIpc) is 3.20. The molecule has 9 heteroatoms. The monoisotopic (exact) mass is 463 g/mol. The molecule has 1 heterocycles. The molecule has 0 unspecified atom stereocenters. The van der Waals surface area contributed by atoms with Crippen LogP contribution >= 0.6 is 11.3 Å². The number of ether oxygens (including phenoxy) is 2. The summed E-state index contributed by atoms with van der Waals surface area (Å²) in [6.07, 6.45) is 0. The van der Waals surface area contributed by atoms with Crippen LogP contribution in [0, 0.1) is 0 Å². The summed E-state index contributed by atoms with van der Waals surface area (Å²) in [5, 5.41) is 12.8. The fraction of sp³-hybridized carbons (Fsp3) is 0.318. The number of thiophene rings is 1. The van der Waals surface area contributed by atoms with Gasteiger partial charge in [0.1, 0.15) is 6.04 Å². The Morgan fingerprint density at radius 2 is 1.87 bits per heavy atom. The van der Waals surface area contributed by atoms with Crippen molar-refractivity contribution in [2.75, 3.05) is 33.5 Å². The molecule has 0 fully saturated rings. The van der Waals surface area contributed by atoms with Crippen LogP contribution in [0.3, 0.4) is 0 Å². The minimum absolute atomic E-state index is 0.0583. The topological polar surface area (TPSA) is 93.1 Å². The predicted octanol–water partition coefficient (Wildman–Crippen LogP) is 3.52. The van der Waals surface area contributed by atoms with Gasteiger partial charge in [0.25, 0.3) is 0 Å². The number of sulfonamides is 1. The lowest BCUT2D eigenvalue weighted by Gasteiger charge is -2.28. The lowest BCUT2D eigenvalue weighted by Crippen LogP contribution is -2.41. The van der Waals surface area contributed by atoms with Gasteiger partial charge in [0.05, 0.1) is 25.6 Å². The summed E-state index contributed by atoms with van der Waals surface area (Å²) in [7, 11) is -2.43. The van der Waals surface area contributed by atoms with E-state index in [4.69, 9.17) is 9.47 Å². The highest BCUT2D eigenvalue weighted by atomic mass is 32.2. The minimum Gasteiger partial charge on any atom is -0.480 e. The fourth-order valence-electron chi connectivity index (χ4n) is 3.29. The van der Waals surface area contributed by atoms with E-state index in [-0.39, 0.29) is 18.9 Å². The maximum absolute atomic E-state index is 13.4. The van der Waals surface area contributed by atoms with Crippen molar-refractivity contribution in [3.8, 4) is 0 Å². The SMILES string of the molecule is COCCOCCN([C@@H](C(=O)O)c1ccccc1)S(=O)(=O)Cc1ccc2sccc2c1. The first-order chi connectivity index (χ1) is 14.9. The number of carboxylic acid groups (broad SMARTS) is 1. The first-order valence-electron chi connectivity index (χ1n) is 9.72. The van der Waals surface area contributed by atoms with Gasteiger partial charge in [-0.3, -0.25) is 4.79 Å². The molecule has 1 aromatic heterocycles. The highest BCUT2D eigenvalue weighted by molar-refractivity contribution is 7.88. The van der Waals surface area contributed by atoms with Gasteiger partial charge in [-0.25, -0.2) is 8.42 Å². The lowest BCUT2D eigenvalue weighted by molar-refractivity contribution is -0.142. The fourth-order valence-corrected chi connectivity index (χ4v) is 5.72. The molecule has 3 aromatic rings. The zero-order valence-electron chi connectivity index (χ0n) is 17.1. The van der Waals surface area contributed by atoms with Gasteiger partial charge < -0.3 is 14.6 Å². The van der Waals surface area contributed by atoms with Crippen molar-refractivity contribution in [3.05, 3.63) is 71.1 Å². The third kappa shape index (κ3) is 6.11. The Morgan fingerprint density at radius 1 is 1.10 bits per heavy atom. The standard InChI is InChI=1S/C22H25NO6S2/c1-28-12-13-29-11-10-23(21(22(24)25)18-5-3-2-4-6-18)31(26,27)16-17-7-8-20-19(15-17)9-14-30-20/h2-9,14-15,21H,10-13,16H2,1H3,(H,24,25)/t21-/m1/s1. The molecule has 0 aliphatic carbocycles. The molecule has 0 aliphatic heterocycles. The Hall–Kier alpha value is -2.30. The van der Waals surface area contributed by atoms with Crippen LogP contribution in [0.5, 0.6) is 0 Å². The van der Waals surface area contributed by atoms with Crippen molar-refractivity contribution in [2.24, 2.45) is 0 Å². The molecule has 31 heavy (non-hydrogen) atoms. The largest absolute Gasteiger partial charge is 0.480 e. The smallest absolute Gasteiger partial charge is 0.326 e. The first kappa shape index (κ1) is 23.4. The molecule has 7 nitrogen and oxygen atoms in total. The highest BCUT2D eigenvalue weighted by Gasteiger charge is 2.36. The molecule has 1 atom stereocenters. The van der Waals surface area contributed by atoms with Crippen LogP contribution in [0.2, 0.25) is 0 Å². The van der Waals surface area contributed by atoms with Gasteiger partial charge in [-0.1, -0.05) is 36.4 Å². The predicted molar refractivity (Wildman–Crippen MR) is 121 cm³/mol. The molecule has 0 radical (unpaired) electrons. The number of methoxy groups -OCH3 is 1. The lowest BCUT2D eigenvalue weighted by atomic mass is 10.1. The van der Waals surface area contributed by atoms with E-state index in [1.807, 2.05) is 23.6 Å². The minimum atomic E-state index is -3.97. The molecule has 166 valence electrons. The summed E-state index contributed by atoms with van der Waals surface area (Å²) in [6, 6.07) is 14.4. The summed E-state index contributed by atoms with van der Waals surface area (Å²) in [5.74, 6) is -1.53. The van der Waals surface area contributed by atoms with E-state index in [2.05, 4.69) is 0 Å². The molecule has 0 aliphatic rings. The third-order valence-corrected chi connectivity index (χ3v) is 7.45. The summed E-state index contributed by atoms with van der Waals surface area (Å²) in [5.41, 5.74) is 0.997. The number of nitrogens with zero attached hydrogens (tertiary/aromatic N) is 1. The quantitative estimate of drug-likeness (QED) is 0.413. The summed E-state index contributed by atoms with van der Waals surface area (Å²) < 4.78 is 39.3. The zero-order chi connectivity index (χ0) is 22.3. The average molecular weight is 464 g/mol. The summed E-state index contributed by atoms with van der Waals surface area (Å²) in [6.45, 7) is 0.637. The molecule has 0 saturated carbocycles. The number of aliphatic carboxylic acids is 1. The van der Waals surface area contributed by atoms with Crippen molar-refractivity contribution < 1.29 is 27.8 Å². The Kier molecular flexibility index (Phi) is 8.16. The van der Waals surface area contributed by atoms with Gasteiger partial charge in [0.2, 0.25) is 10.0 Å². The Bertz CT molecular complexity index is 1100. The van der Waals surface area contributed by atoms with Crippen LogP contribution in [-0.2, 0) is 30.0 Å². The summed E-state index contributed by atoms with van der Waals surface area (Å²) in [4.78, 5) is 12.2. The van der Waals surface area contributed by atoms with Gasteiger partial charge in [-0.15, -0.1) is 11.3 Å². The second-order valence-corrected chi connectivity index (χ2v) is 9.79. The van der Waals surface area contributed by atoms with Gasteiger partial charge in [0.15, 0.2) is 0 Å². The first-order valence-corrected chi connectivity index (χ1v) is 12.2. The molecule has 3 rings (SSSR count). The van der Waals surface area contributed by atoms with Crippen LogP contribution in [0.1, 0.15) is 17.2 Å². The zero-order valence-corrected chi connectivity index (χ0v) is 18.8. The molecule has 1 N–H and O–H groups in total. The Balaban J connectivity index is 1.89. The van der Waals surface area contributed by atoms with Gasteiger partial charge >= 0.3 is 5.97 Å². The number of fused-ring (bicyclic) bond motifs is 1. The number of hydrogen-bond acceptors (Lipinski definition) is 6. The van der Waals surface area contributed by atoms with Crippen LogP contribution < -0.4 is 0 Å². The van der Waals surface area contributed by atoms with E-state index in [1.54, 1.807) is 54.8 Å². The van der Waals surface area contributed by atoms with Crippen molar-refractivity contribution in [2.45, 2.75) is 11.8 Å². The molecule has 2 aromatic carbocycles.